The largest absolute Gasteiger partial charge is 0.488 e. The molecule has 0 aliphatic rings. The van der Waals surface area contributed by atoms with Crippen LogP contribution in [-0.4, -0.2) is 11.1 Å². The van der Waals surface area contributed by atoms with Gasteiger partial charge < -0.3 is 15.2 Å². The number of halogens is 2. The molecule has 0 bridgehead atoms. The van der Waals surface area contributed by atoms with Gasteiger partial charge in [0, 0.05) is 33.4 Å². The highest BCUT2D eigenvalue weighted by Crippen LogP contribution is 2.32. The van der Waals surface area contributed by atoms with Crippen LogP contribution in [0.3, 0.4) is 0 Å². The van der Waals surface area contributed by atoms with E-state index in [4.69, 9.17) is 27.9 Å². The maximum atomic E-state index is 11.4. The van der Waals surface area contributed by atoms with Crippen LogP contribution in [0.25, 0.3) is 10.8 Å². The zero-order valence-electron chi connectivity index (χ0n) is 17.4. The number of rotatable bonds is 7. The third-order valence-corrected chi connectivity index (χ3v) is 6.08. The fourth-order valence-corrected chi connectivity index (χ4v) is 4.09. The van der Waals surface area contributed by atoms with Crippen LogP contribution in [0.1, 0.15) is 27.0 Å². The second-order valence-corrected chi connectivity index (χ2v) is 8.26. The summed E-state index contributed by atoms with van der Waals surface area (Å²) >= 11 is 12.6. The smallest absolute Gasteiger partial charge is 0.335 e. The molecule has 0 heterocycles. The van der Waals surface area contributed by atoms with E-state index < -0.39 is 5.97 Å². The van der Waals surface area contributed by atoms with Crippen LogP contribution in [0.15, 0.2) is 72.8 Å². The van der Waals surface area contributed by atoms with Crippen LogP contribution in [0.4, 0.5) is 5.69 Å². The number of anilines is 1. The number of carboxylic acid groups (broad SMARTS) is 1. The highest BCUT2D eigenvalue weighted by molar-refractivity contribution is 6.35. The molecule has 0 atom stereocenters. The maximum absolute atomic E-state index is 11.4. The van der Waals surface area contributed by atoms with E-state index in [-0.39, 0.29) is 12.2 Å². The molecule has 0 spiro atoms. The fraction of sp³-hybridized carbons (Fsp3) is 0.115. The van der Waals surface area contributed by atoms with E-state index >= 15 is 0 Å². The van der Waals surface area contributed by atoms with Gasteiger partial charge in [-0.1, -0.05) is 65.7 Å². The molecule has 162 valence electrons. The third-order valence-electron chi connectivity index (χ3n) is 5.37. The van der Waals surface area contributed by atoms with E-state index in [1.807, 2.05) is 43.3 Å². The first-order valence-corrected chi connectivity index (χ1v) is 10.8. The van der Waals surface area contributed by atoms with Crippen molar-refractivity contribution in [1.82, 2.24) is 0 Å². The lowest BCUT2D eigenvalue weighted by Gasteiger charge is -2.17. The van der Waals surface area contributed by atoms with Crippen LogP contribution >= 0.6 is 23.2 Å². The second kappa shape index (κ2) is 9.51. The van der Waals surface area contributed by atoms with Gasteiger partial charge in [-0.05, 0) is 53.6 Å². The van der Waals surface area contributed by atoms with Crippen LogP contribution < -0.4 is 10.1 Å². The predicted molar refractivity (Wildman–Crippen MR) is 130 cm³/mol. The number of hydrogen-bond donors (Lipinski definition) is 2. The van der Waals surface area contributed by atoms with Gasteiger partial charge in [0.1, 0.15) is 12.4 Å². The Morgan fingerprint density at radius 3 is 2.44 bits per heavy atom. The Balaban J connectivity index is 1.67. The lowest BCUT2D eigenvalue weighted by molar-refractivity contribution is 0.0697. The van der Waals surface area contributed by atoms with Crippen molar-refractivity contribution >= 4 is 45.6 Å². The molecule has 0 aliphatic carbocycles. The highest BCUT2D eigenvalue weighted by atomic mass is 35.5. The molecule has 0 amide bonds. The zero-order chi connectivity index (χ0) is 22.7. The standard InChI is InChI=1S/C26H21Cl2NO3/c1-16-9-10-18(26(30)31)13-24(16)29-14-20-19-6-3-2-5-17(19)11-12-25(20)32-15-21-22(27)7-4-8-23(21)28/h2-13,29H,14-15H2,1H3,(H,30,31). The topological polar surface area (TPSA) is 58.6 Å². The number of nitrogens with one attached hydrogen (secondary N) is 1. The molecule has 0 fully saturated rings. The Kier molecular flexibility index (Phi) is 6.54. The molecule has 32 heavy (non-hydrogen) atoms. The Morgan fingerprint density at radius 2 is 1.69 bits per heavy atom. The molecule has 0 unspecified atom stereocenters. The molecule has 4 rings (SSSR count). The molecular formula is C26H21Cl2NO3. The van der Waals surface area contributed by atoms with Crippen molar-refractivity contribution in [2.45, 2.75) is 20.1 Å². The van der Waals surface area contributed by atoms with Gasteiger partial charge in [0.05, 0.1) is 5.56 Å². The fourth-order valence-electron chi connectivity index (χ4n) is 3.58. The summed E-state index contributed by atoms with van der Waals surface area (Å²) < 4.78 is 6.17. The Bertz CT molecular complexity index is 1280. The Labute approximate surface area is 196 Å². The molecule has 4 aromatic carbocycles. The molecule has 0 saturated carbocycles. The van der Waals surface area contributed by atoms with Gasteiger partial charge in [-0.2, -0.15) is 0 Å². The van der Waals surface area contributed by atoms with E-state index in [9.17, 15) is 9.90 Å². The summed E-state index contributed by atoms with van der Waals surface area (Å²) in [6, 6.07) is 22.4. The van der Waals surface area contributed by atoms with Crippen molar-refractivity contribution in [2.24, 2.45) is 0 Å². The van der Waals surface area contributed by atoms with Gasteiger partial charge in [0.2, 0.25) is 0 Å². The van der Waals surface area contributed by atoms with Gasteiger partial charge in [-0.15, -0.1) is 0 Å². The number of carboxylic acids is 1. The van der Waals surface area contributed by atoms with Crippen LogP contribution in [0.5, 0.6) is 5.75 Å². The number of benzene rings is 4. The number of ether oxygens (including phenoxy) is 1. The molecule has 0 saturated heterocycles. The van der Waals surface area contributed by atoms with Crippen molar-refractivity contribution in [3.05, 3.63) is 105 Å². The first kappa shape index (κ1) is 22.0. The summed E-state index contributed by atoms with van der Waals surface area (Å²) in [7, 11) is 0. The molecular weight excluding hydrogens is 445 g/mol. The van der Waals surface area contributed by atoms with Crippen molar-refractivity contribution in [2.75, 3.05) is 5.32 Å². The SMILES string of the molecule is Cc1ccc(C(=O)O)cc1NCc1c(OCc2c(Cl)cccc2Cl)ccc2ccccc12. The third kappa shape index (κ3) is 4.67. The molecule has 4 aromatic rings. The average molecular weight is 466 g/mol. The van der Waals surface area contributed by atoms with E-state index in [0.717, 1.165) is 33.2 Å². The zero-order valence-corrected chi connectivity index (χ0v) is 18.9. The van der Waals surface area contributed by atoms with Crippen molar-refractivity contribution < 1.29 is 14.6 Å². The van der Waals surface area contributed by atoms with Gasteiger partial charge in [0.15, 0.2) is 0 Å². The van der Waals surface area contributed by atoms with Gasteiger partial charge >= 0.3 is 5.97 Å². The molecule has 4 nitrogen and oxygen atoms in total. The summed E-state index contributed by atoms with van der Waals surface area (Å²) in [5, 5.41) is 16.0. The maximum Gasteiger partial charge on any atom is 0.335 e. The van der Waals surface area contributed by atoms with Crippen molar-refractivity contribution in [3.8, 4) is 5.75 Å². The lowest BCUT2D eigenvalue weighted by Crippen LogP contribution is -2.07. The van der Waals surface area contributed by atoms with E-state index in [1.54, 1.807) is 36.4 Å². The van der Waals surface area contributed by atoms with Gasteiger partial charge in [-0.25, -0.2) is 4.79 Å². The van der Waals surface area contributed by atoms with Crippen LogP contribution in [0.2, 0.25) is 10.0 Å². The first-order chi connectivity index (χ1) is 15.4. The van der Waals surface area contributed by atoms with E-state index in [0.29, 0.717) is 22.3 Å². The highest BCUT2D eigenvalue weighted by Gasteiger charge is 2.13. The van der Waals surface area contributed by atoms with Crippen molar-refractivity contribution in [3.63, 3.8) is 0 Å². The summed E-state index contributed by atoms with van der Waals surface area (Å²) in [5.41, 5.74) is 3.65. The van der Waals surface area contributed by atoms with Gasteiger partial charge in [-0.3, -0.25) is 0 Å². The number of carbonyl (C=O) groups is 1. The number of hydrogen-bond acceptors (Lipinski definition) is 3. The minimum absolute atomic E-state index is 0.234. The Morgan fingerprint density at radius 1 is 0.938 bits per heavy atom. The quantitative estimate of drug-likeness (QED) is 0.299. The predicted octanol–water partition coefficient (Wildman–Crippen LogP) is 7.34. The summed E-state index contributed by atoms with van der Waals surface area (Å²) in [4.78, 5) is 11.4. The molecule has 0 radical (unpaired) electrons. The van der Waals surface area contributed by atoms with Gasteiger partial charge in [0.25, 0.3) is 0 Å². The summed E-state index contributed by atoms with van der Waals surface area (Å²) in [6.45, 7) is 2.63. The molecule has 2 N–H and O–H groups in total. The molecule has 6 heteroatoms. The minimum Gasteiger partial charge on any atom is -0.488 e. The number of aromatic carboxylic acids is 1. The number of aryl methyl sites for hydroxylation is 1. The monoisotopic (exact) mass is 465 g/mol. The number of fused-ring (bicyclic) bond motifs is 1. The summed E-state index contributed by atoms with van der Waals surface area (Å²) in [5.74, 6) is -0.252. The lowest BCUT2D eigenvalue weighted by atomic mass is 10.0. The van der Waals surface area contributed by atoms with Crippen LogP contribution in [-0.2, 0) is 13.2 Å². The molecule has 0 aliphatic heterocycles. The Hall–Kier alpha value is -3.21. The van der Waals surface area contributed by atoms with E-state index in [1.165, 1.54) is 0 Å². The average Bonchev–Trinajstić information content (AvgIpc) is 2.78. The summed E-state index contributed by atoms with van der Waals surface area (Å²) in [6.07, 6.45) is 0. The minimum atomic E-state index is -0.959. The normalized spacial score (nSPS) is 10.8. The van der Waals surface area contributed by atoms with Crippen LogP contribution in [0, 0.1) is 6.92 Å². The van der Waals surface area contributed by atoms with Crippen molar-refractivity contribution in [1.29, 1.82) is 0 Å². The first-order valence-electron chi connectivity index (χ1n) is 10.1. The second-order valence-electron chi connectivity index (χ2n) is 7.44. The van der Waals surface area contributed by atoms with E-state index in [2.05, 4.69) is 5.32 Å². The molecule has 0 aromatic heterocycles.